The Labute approximate surface area is 166 Å². The van der Waals surface area contributed by atoms with Crippen molar-refractivity contribution >= 4 is 0 Å². The molecule has 0 fully saturated rings. The molecule has 1 nitrogen and oxygen atoms in total. The van der Waals surface area contributed by atoms with Crippen molar-refractivity contribution in [2.75, 3.05) is 6.61 Å². The highest BCUT2D eigenvalue weighted by Crippen LogP contribution is 2.32. The summed E-state index contributed by atoms with van der Waals surface area (Å²) in [5.41, 5.74) is 5.79. The fourth-order valence-electron chi connectivity index (χ4n) is 4.19. The van der Waals surface area contributed by atoms with Crippen LogP contribution in [0.3, 0.4) is 0 Å². The Bertz CT molecular complexity index is 686. The van der Waals surface area contributed by atoms with E-state index in [0.29, 0.717) is 0 Å². The normalized spacial score (nSPS) is 16.1. The lowest BCUT2D eigenvalue weighted by Crippen LogP contribution is -2.14. The van der Waals surface area contributed by atoms with Gasteiger partial charge in [0.2, 0.25) is 0 Å². The number of rotatable bonds is 10. The van der Waals surface area contributed by atoms with E-state index < -0.39 is 0 Å². The lowest BCUT2D eigenvalue weighted by atomic mass is 9.80. The van der Waals surface area contributed by atoms with E-state index in [9.17, 15) is 0 Å². The molecule has 0 N–H and O–H groups in total. The molecule has 0 aromatic heterocycles. The fourth-order valence-corrected chi connectivity index (χ4v) is 4.19. The van der Waals surface area contributed by atoms with Crippen molar-refractivity contribution < 1.29 is 4.74 Å². The second-order valence-corrected chi connectivity index (χ2v) is 8.17. The summed E-state index contributed by atoms with van der Waals surface area (Å²) >= 11 is 0. The van der Waals surface area contributed by atoms with Gasteiger partial charge in [0.1, 0.15) is 5.75 Å². The van der Waals surface area contributed by atoms with E-state index in [1.807, 2.05) is 0 Å². The van der Waals surface area contributed by atoms with Crippen LogP contribution >= 0.6 is 0 Å². The van der Waals surface area contributed by atoms with Crippen LogP contribution in [-0.2, 0) is 12.8 Å². The fraction of sp³-hybridized carbons (Fsp3) is 0.538. The maximum Gasteiger partial charge on any atom is 0.119 e. The molecule has 0 amide bonds. The van der Waals surface area contributed by atoms with Gasteiger partial charge in [0, 0.05) is 0 Å². The summed E-state index contributed by atoms with van der Waals surface area (Å²) in [4.78, 5) is 0. The predicted octanol–water partition coefficient (Wildman–Crippen LogP) is 7.61. The minimum absolute atomic E-state index is 0.814. The Morgan fingerprint density at radius 1 is 0.815 bits per heavy atom. The van der Waals surface area contributed by atoms with Crippen LogP contribution in [0.15, 0.2) is 42.5 Å². The van der Waals surface area contributed by atoms with Gasteiger partial charge >= 0.3 is 0 Å². The standard InChI is InChI=1S/C26H36O/c1-3-5-7-8-9-21-10-11-25-20-24(13-12-23(25)19-21)22-14-16-26(17-15-22)27-18-6-4-2/h12-17,20-21H,3-11,18-19H2,1-2H3. The van der Waals surface area contributed by atoms with Gasteiger partial charge in [-0.2, -0.15) is 0 Å². The van der Waals surface area contributed by atoms with Crippen molar-refractivity contribution in [1.82, 2.24) is 0 Å². The van der Waals surface area contributed by atoms with E-state index in [2.05, 4.69) is 56.3 Å². The number of hydrogen-bond donors (Lipinski definition) is 0. The van der Waals surface area contributed by atoms with Gasteiger partial charge in [-0.25, -0.2) is 0 Å². The molecule has 0 heterocycles. The summed E-state index contributed by atoms with van der Waals surface area (Å²) in [7, 11) is 0. The average molecular weight is 365 g/mol. The van der Waals surface area contributed by atoms with E-state index in [1.165, 1.54) is 68.9 Å². The Morgan fingerprint density at radius 3 is 2.37 bits per heavy atom. The van der Waals surface area contributed by atoms with Crippen molar-refractivity contribution in [3.63, 3.8) is 0 Å². The molecule has 1 aliphatic carbocycles. The smallest absolute Gasteiger partial charge is 0.119 e. The molecule has 2 aromatic carbocycles. The third kappa shape index (κ3) is 5.86. The monoisotopic (exact) mass is 364 g/mol. The predicted molar refractivity (Wildman–Crippen MR) is 117 cm³/mol. The molecule has 0 bridgehead atoms. The van der Waals surface area contributed by atoms with E-state index >= 15 is 0 Å². The molecular formula is C26H36O. The highest BCUT2D eigenvalue weighted by molar-refractivity contribution is 5.65. The molecule has 0 radical (unpaired) electrons. The van der Waals surface area contributed by atoms with Crippen molar-refractivity contribution in [2.24, 2.45) is 5.92 Å². The zero-order chi connectivity index (χ0) is 18.9. The minimum atomic E-state index is 0.814. The van der Waals surface area contributed by atoms with Crippen LogP contribution < -0.4 is 4.74 Å². The van der Waals surface area contributed by atoms with Gasteiger partial charge in [-0.1, -0.05) is 82.7 Å². The second-order valence-electron chi connectivity index (χ2n) is 8.17. The molecule has 1 unspecified atom stereocenters. The highest BCUT2D eigenvalue weighted by atomic mass is 16.5. The van der Waals surface area contributed by atoms with Crippen LogP contribution in [0.1, 0.15) is 76.3 Å². The third-order valence-corrected chi connectivity index (χ3v) is 5.96. The second kappa shape index (κ2) is 10.5. The molecule has 27 heavy (non-hydrogen) atoms. The van der Waals surface area contributed by atoms with E-state index in [0.717, 1.165) is 24.7 Å². The summed E-state index contributed by atoms with van der Waals surface area (Å²) < 4.78 is 5.79. The zero-order valence-electron chi connectivity index (χ0n) is 17.3. The zero-order valence-corrected chi connectivity index (χ0v) is 17.3. The van der Waals surface area contributed by atoms with Gasteiger partial charge in [-0.05, 0) is 66.0 Å². The SMILES string of the molecule is CCCCCCC1CCc2cc(-c3ccc(OCCCC)cc3)ccc2C1. The van der Waals surface area contributed by atoms with Gasteiger partial charge in [0.05, 0.1) is 6.61 Å². The molecule has 1 heteroatoms. The first-order valence-electron chi connectivity index (χ1n) is 11.1. The Morgan fingerprint density at radius 2 is 1.59 bits per heavy atom. The molecule has 1 atom stereocenters. The number of unbranched alkanes of at least 4 members (excludes halogenated alkanes) is 4. The number of benzene rings is 2. The summed E-state index contributed by atoms with van der Waals surface area (Å²) in [6.07, 6.45) is 13.2. The molecule has 0 spiro atoms. The van der Waals surface area contributed by atoms with Crippen molar-refractivity contribution in [3.8, 4) is 16.9 Å². The van der Waals surface area contributed by atoms with Gasteiger partial charge in [-0.3, -0.25) is 0 Å². The molecule has 0 saturated heterocycles. The molecule has 2 aromatic rings. The Balaban J connectivity index is 1.58. The van der Waals surface area contributed by atoms with Crippen LogP contribution in [0.25, 0.3) is 11.1 Å². The molecule has 0 aliphatic heterocycles. The summed E-state index contributed by atoms with van der Waals surface area (Å²) in [5.74, 6) is 1.89. The Hall–Kier alpha value is -1.76. The highest BCUT2D eigenvalue weighted by Gasteiger charge is 2.18. The first-order valence-corrected chi connectivity index (χ1v) is 11.1. The largest absolute Gasteiger partial charge is 0.494 e. The molecule has 146 valence electrons. The molecular weight excluding hydrogens is 328 g/mol. The van der Waals surface area contributed by atoms with E-state index in [-0.39, 0.29) is 0 Å². The summed E-state index contributed by atoms with van der Waals surface area (Å²) in [5, 5.41) is 0. The lowest BCUT2D eigenvalue weighted by Gasteiger charge is -2.25. The van der Waals surface area contributed by atoms with E-state index in [4.69, 9.17) is 4.74 Å². The van der Waals surface area contributed by atoms with Crippen LogP contribution in [0.5, 0.6) is 5.75 Å². The molecule has 1 aliphatic rings. The van der Waals surface area contributed by atoms with E-state index in [1.54, 1.807) is 11.1 Å². The summed E-state index contributed by atoms with van der Waals surface area (Å²) in [6.45, 7) is 5.30. The number of ether oxygens (including phenoxy) is 1. The lowest BCUT2D eigenvalue weighted by molar-refractivity contribution is 0.309. The Kier molecular flexibility index (Phi) is 7.80. The number of hydrogen-bond acceptors (Lipinski definition) is 1. The van der Waals surface area contributed by atoms with Crippen LogP contribution in [-0.4, -0.2) is 6.61 Å². The van der Waals surface area contributed by atoms with Gasteiger partial charge in [0.25, 0.3) is 0 Å². The van der Waals surface area contributed by atoms with Crippen LogP contribution in [0.4, 0.5) is 0 Å². The molecule has 0 saturated carbocycles. The number of fused-ring (bicyclic) bond motifs is 1. The van der Waals surface area contributed by atoms with Crippen molar-refractivity contribution in [3.05, 3.63) is 53.6 Å². The summed E-state index contributed by atoms with van der Waals surface area (Å²) in [6, 6.07) is 15.7. The molecule has 3 rings (SSSR count). The minimum Gasteiger partial charge on any atom is -0.494 e. The first kappa shape index (κ1) is 20.0. The number of aryl methyl sites for hydroxylation is 1. The average Bonchev–Trinajstić information content (AvgIpc) is 2.71. The topological polar surface area (TPSA) is 9.23 Å². The van der Waals surface area contributed by atoms with Crippen LogP contribution in [0.2, 0.25) is 0 Å². The maximum atomic E-state index is 5.79. The van der Waals surface area contributed by atoms with Gasteiger partial charge in [0.15, 0.2) is 0 Å². The van der Waals surface area contributed by atoms with Gasteiger partial charge in [-0.15, -0.1) is 0 Å². The van der Waals surface area contributed by atoms with Gasteiger partial charge < -0.3 is 4.74 Å². The van der Waals surface area contributed by atoms with Crippen molar-refractivity contribution in [1.29, 1.82) is 0 Å². The third-order valence-electron chi connectivity index (χ3n) is 5.96. The van der Waals surface area contributed by atoms with Crippen LogP contribution in [0, 0.1) is 5.92 Å². The quantitative estimate of drug-likeness (QED) is 0.394. The van der Waals surface area contributed by atoms with Crippen molar-refractivity contribution in [2.45, 2.75) is 78.1 Å². The first-order chi connectivity index (χ1) is 13.3. The maximum absolute atomic E-state index is 5.79.